The van der Waals surface area contributed by atoms with E-state index < -0.39 is 10.0 Å². The number of sulfonamides is 1. The highest BCUT2D eigenvalue weighted by atomic mass is 32.2. The van der Waals surface area contributed by atoms with Crippen LogP contribution in [0.15, 0.2) is 101 Å². The summed E-state index contributed by atoms with van der Waals surface area (Å²) in [7, 11) is -1.86. The Bertz CT molecular complexity index is 1320. The van der Waals surface area contributed by atoms with Gasteiger partial charge in [-0.15, -0.1) is 11.3 Å². The van der Waals surface area contributed by atoms with E-state index in [1.165, 1.54) is 11.3 Å². The van der Waals surface area contributed by atoms with Crippen molar-refractivity contribution < 1.29 is 13.2 Å². The SMILES string of the molecule is CN(Cc1ccccc1)C(=O)c1ccc(CNS(=O)(=O)c2ccc(-c3ccccc3)s2)cc1. The Balaban J connectivity index is 1.37. The van der Waals surface area contributed by atoms with Crippen LogP contribution in [0.25, 0.3) is 10.4 Å². The number of hydrogen-bond acceptors (Lipinski definition) is 4. The van der Waals surface area contributed by atoms with E-state index in [1.807, 2.05) is 66.7 Å². The van der Waals surface area contributed by atoms with E-state index >= 15 is 0 Å². The highest BCUT2D eigenvalue weighted by Gasteiger charge is 2.17. The van der Waals surface area contributed by atoms with Crippen LogP contribution in [0.2, 0.25) is 0 Å². The summed E-state index contributed by atoms with van der Waals surface area (Å²) in [5.41, 5.74) is 3.39. The third-order valence-electron chi connectivity index (χ3n) is 5.18. The lowest BCUT2D eigenvalue weighted by atomic mass is 10.1. The standard InChI is InChI=1S/C26H24N2O3S2/c1-28(19-21-8-4-2-5-9-21)26(29)23-14-12-20(13-15-23)18-27-33(30,31)25-17-16-24(32-25)22-10-6-3-7-11-22/h2-17,27H,18-19H2,1H3. The summed E-state index contributed by atoms with van der Waals surface area (Å²) in [6, 6.07) is 29.9. The van der Waals surface area contributed by atoms with Crippen LogP contribution in [-0.4, -0.2) is 26.3 Å². The Morgan fingerprint density at radius 3 is 2.12 bits per heavy atom. The topological polar surface area (TPSA) is 66.5 Å². The molecule has 0 aliphatic rings. The molecular weight excluding hydrogens is 452 g/mol. The smallest absolute Gasteiger partial charge is 0.253 e. The second-order valence-electron chi connectivity index (χ2n) is 7.65. The molecule has 0 spiro atoms. The molecule has 1 aromatic heterocycles. The molecule has 3 aromatic carbocycles. The number of nitrogens with one attached hydrogen (secondary N) is 1. The van der Waals surface area contributed by atoms with Gasteiger partial charge in [0.1, 0.15) is 4.21 Å². The maximum Gasteiger partial charge on any atom is 0.253 e. The molecule has 5 nitrogen and oxygen atoms in total. The minimum atomic E-state index is -3.63. The maximum atomic E-state index is 12.7. The molecule has 7 heteroatoms. The first-order valence-corrected chi connectivity index (χ1v) is 12.8. The summed E-state index contributed by atoms with van der Waals surface area (Å²) < 4.78 is 28.4. The van der Waals surface area contributed by atoms with Crippen molar-refractivity contribution in [2.75, 3.05) is 7.05 Å². The molecule has 4 aromatic rings. The molecule has 0 saturated carbocycles. The van der Waals surface area contributed by atoms with E-state index in [1.54, 1.807) is 42.3 Å². The first-order valence-electron chi connectivity index (χ1n) is 10.5. The van der Waals surface area contributed by atoms with Crippen LogP contribution in [0.3, 0.4) is 0 Å². The Labute approximate surface area is 198 Å². The quantitative estimate of drug-likeness (QED) is 0.382. The zero-order valence-electron chi connectivity index (χ0n) is 18.1. The van der Waals surface area contributed by atoms with Crippen molar-refractivity contribution in [3.63, 3.8) is 0 Å². The summed E-state index contributed by atoms with van der Waals surface area (Å²) in [6.07, 6.45) is 0. The third-order valence-corrected chi connectivity index (χ3v) is 8.21. The Kier molecular flexibility index (Phi) is 7.03. The Morgan fingerprint density at radius 1 is 0.818 bits per heavy atom. The molecule has 33 heavy (non-hydrogen) atoms. The van der Waals surface area contributed by atoms with Crippen LogP contribution >= 0.6 is 11.3 Å². The molecule has 0 bridgehead atoms. The number of carbonyl (C=O) groups is 1. The van der Waals surface area contributed by atoms with Gasteiger partial charge in [0, 0.05) is 30.6 Å². The highest BCUT2D eigenvalue weighted by Crippen LogP contribution is 2.30. The molecular formula is C26H24N2O3S2. The molecule has 1 N–H and O–H groups in total. The van der Waals surface area contributed by atoms with Crippen molar-refractivity contribution in [3.05, 3.63) is 114 Å². The Hall–Kier alpha value is -3.26. The van der Waals surface area contributed by atoms with Gasteiger partial charge < -0.3 is 4.90 Å². The minimum Gasteiger partial charge on any atom is -0.337 e. The van der Waals surface area contributed by atoms with E-state index in [0.29, 0.717) is 12.1 Å². The van der Waals surface area contributed by atoms with Gasteiger partial charge in [-0.1, -0.05) is 72.8 Å². The van der Waals surface area contributed by atoms with Gasteiger partial charge >= 0.3 is 0 Å². The predicted molar refractivity (Wildman–Crippen MR) is 132 cm³/mol. The number of amides is 1. The first kappa shape index (κ1) is 22.9. The second-order valence-corrected chi connectivity index (χ2v) is 10.7. The molecule has 1 amide bonds. The highest BCUT2D eigenvalue weighted by molar-refractivity contribution is 7.91. The summed E-state index contributed by atoms with van der Waals surface area (Å²) in [5, 5.41) is 0. The van der Waals surface area contributed by atoms with E-state index in [0.717, 1.165) is 21.6 Å². The van der Waals surface area contributed by atoms with Crippen LogP contribution in [0.4, 0.5) is 0 Å². The molecule has 0 aliphatic carbocycles. The fraction of sp³-hybridized carbons (Fsp3) is 0.115. The zero-order valence-corrected chi connectivity index (χ0v) is 19.8. The van der Waals surface area contributed by atoms with Crippen molar-refractivity contribution in [3.8, 4) is 10.4 Å². The summed E-state index contributed by atoms with van der Waals surface area (Å²) in [4.78, 5) is 15.3. The molecule has 4 rings (SSSR count). The molecule has 0 unspecified atom stereocenters. The minimum absolute atomic E-state index is 0.0852. The normalized spacial score (nSPS) is 11.3. The third kappa shape index (κ3) is 5.76. The number of benzene rings is 3. The maximum absolute atomic E-state index is 12.7. The number of carbonyl (C=O) groups excluding carboxylic acids is 1. The average Bonchev–Trinajstić information content (AvgIpc) is 3.35. The van der Waals surface area contributed by atoms with Crippen LogP contribution in [0, 0.1) is 0 Å². The lowest BCUT2D eigenvalue weighted by Crippen LogP contribution is -2.26. The molecule has 1 heterocycles. The predicted octanol–water partition coefficient (Wildman–Crippen LogP) is 5.17. The zero-order chi connectivity index (χ0) is 23.3. The van der Waals surface area contributed by atoms with Gasteiger partial charge in [-0.25, -0.2) is 13.1 Å². The van der Waals surface area contributed by atoms with Gasteiger partial charge in [0.15, 0.2) is 0 Å². The lowest BCUT2D eigenvalue weighted by Gasteiger charge is -2.17. The van der Waals surface area contributed by atoms with Gasteiger partial charge in [-0.2, -0.15) is 0 Å². The van der Waals surface area contributed by atoms with Gasteiger partial charge in [0.2, 0.25) is 10.0 Å². The fourth-order valence-corrected chi connectivity index (χ4v) is 5.76. The monoisotopic (exact) mass is 476 g/mol. The van der Waals surface area contributed by atoms with Gasteiger partial charge in [0.05, 0.1) is 0 Å². The van der Waals surface area contributed by atoms with Crippen molar-refractivity contribution in [2.45, 2.75) is 17.3 Å². The number of rotatable bonds is 8. The van der Waals surface area contributed by atoms with Crippen LogP contribution in [0.1, 0.15) is 21.5 Å². The summed E-state index contributed by atoms with van der Waals surface area (Å²) in [6.45, 7) is 0.669. The first-order chi connectivity index (χ1) is 15.9. The van der Waals surface area contributed by atoms with Crippen molar-refractivity contribution >= 4 is 27.3 Å². The number of thiophene rings is 1. The fourth-order valence-electron chi connectivity index (χ4n) is 3.39. The van der Waals surface area contributed by atoms with Crippen LogP contribution in [0.5, 0.6) is 0 Å². The number of hydrogen-bond donors (Lipinski definition) is 1. The second kappa shape index (κ2) is 10.1. The van der Waals surface area contributed by atoms with Crippen LogP contribution < -0.4 is 4.72 Å². The van der Waals surface area contributed by atoms with E-state index in [2.05, 4.69) is 4.72 Å². The molecule has 0 aliphatic heterocycles. The molecule has 168 valence electrons. The number of nitrogens with zero attached hydrogens (tertiary/aromatic N) is 1. The van der Waals surface area contributed by atoms with Crippen molar-refractivity contribution in [1.29, 1.82) is 0 Å². The van der Waals surface area contributed by atoms with Gasteiger partial charge in [-0.3, -0.25) is 4.79 Å². The molecule has 0 fully saturated rings. The Morgan fingerprint density at radius 2 is 1.45 bits per heavy atom. The lowest BCUT2D eigenvalue weighted by molar-refractivity contribution is 0.0785. The molecule has 0 radical (unpaired) electrons. The van der Waals surface area contributed by atoms with Gasteiger partial charge in [0.25, 0.3) is 5.91 Å². The van der Waals surface area contributed by atoms with Crippen LogP contribution in [-0.2, 0) is 23.1 Å². The summed E-state index contributed by atoms with van der Waals surface area (Å²) >= 11 is 1.24. The van der Waals surface area contributed by atoms with Crippen molar-refractivity contribution in [2.24, 2.45) is 0 Å². The molecule has 0 saturated heterocycles. The van der Waals surface area contributed by atoms with Crippen molar-refractivity contribution in [1.82, 2.24) is 9.62 Å². The van der Waals surface area contributed by atoms with Gasteiger partial charge in [-0.05, 0) is 41.0 Å². The summed E-state index contributed by atoms with van der Waals surface area (Å²) in [5.74, 6) is -0.0852. The van der Waals surface area contributed by atoms with E-state index in [-0.39, 0.29) is 16.7 Å². The van der Waals surface area contributed by atoms with E-state index in [9.17, 15) is 13.2 Å². The largest absolute Gasteiger partial charge is 0.337 e. The average molecular weight is 477 g/mol. The van der Waals surface area contributed by atoms with E-state index in [4.69, 9.17) is 0 Å². The molecule has 0 atom stereocenters.